The van der Waals surface area contributed by atoms with E-state index in [1.165, 1.54) is 6.07 Å². The number of carbonyl (C=O) groups is 3. The zero-order valence-electron chi connectivity index (χ0n) is 19.7. The summed E-state index contributed by atoms with van der Waals surface area (Å²) in [5.74, 6) is -2.08. The van der Waals surface area contributed by atoms with Gasteiger partial charge in [-0.25, -0.2) is 8.78 Å². The first-order valence-electron chi connectivity index (χ1n) is 11.9. The van der Waals surface area contributed by atoms with E-state index >= 15 is 0 Å². The second kappa shape index (κ2) is 10.3. The Morgan fingerprint density at radius 1 is 0.946 bits per heavy atom. The van der Waals surface area contributed by atoms with Crippen molar-refractivity contribution in [2.75, 3.05) is 11.9 Å². The Labute approximate surface area is 211 Å². The molecule has 0 saturated heterocycles. The molecule has 1 atom stereocenters. The third-order valence-electron chi connectivity index (χ3n) is 6.32. The fraction of sp³-hybridized carbons (Fsp3) is 0.214. The van der Waals surface area contributed by atoms with Crippen LogP contribution in [0.1, 0.15) is 47.2 Å². The van der Waals surface area contributed by atoms with Crippen molar-refractivity contribution in [1.29, 1.82) is 0 Å². The van der Waals surface area contributed by atoms with Gasteiger partial charge in [-0.3, -0.25) is 14.4 Å². The molecular formula is C28H23F2N3O4. The second-order valence-corrected chi connectivity index (χ2v) is 8.90. The number of fused-ring (bicyclic) bond motifs is 3. The van der Waals surface area contributed by atoms with Crippen molar-refractivity contribution in [2.24, 2.45) is 5.16 Å². The van der Waals surface area contributed by atoms with E-state index in [0.29, 0.717) is 28.9 Å². The minimum atomic E-state index is -0.736. The number of oxime groups is 1. The Bertz CT molecular complexity index is 1440. The minimum absolute atomic E-state index is 0.0147. The average Bonchev–Trinajstić information content (AvgIpc) is 3.45. The summed E-state index contributed by atoms with van der Waals surface area (Å²) in [5, 5.41) is 9.39. The number of halogens is 2. The molecule has 0 bridgehead atoms. The van der Waals surface area contributed by atoms with E-state index in [0.717, 1.165) is 23.3 Å². The maximum atomic E-state index is 13.9. The third kappa shape index (κ3) is 5.11. The van der Waals surface area contributed by atoms with E-state index in [2.05, 4.69) is 15.8 Å². The first kappa shape index (κ1) is 24.3. The van der Waals surface area contributed by atoms with Crippen molar-refractivity contribution in [3.8, 4) is 11.1 Å². The van der Waals surface area contributed by atoms with Crippen LogP contribution in [0.2, 0.25) is 0 Å². The molecule has 7 nitrogen and oxygen atoms in total. The van der Waals surface area contributed by atoms with Crippen LogP contribution >= 0.6 is 0 Å². The Hall–Kier alpha value is -4.40. The number of amides is 2. The lowest BCUT2D eigenvalue weighted by atomic mass is 10.0. The molecular weight excluding hydrogens is 480 g/mol. The highest BCUT2D eigenvalue weighted by molar-refractivity contribution is 6.25. The molecule has 5 rings (SSSR count). The molecule has 9 heteroatoms. The molecule has 2 aliphatic rings. The Balaban J connectivity index is 1.06. The van der Waals surface area contributed by atoms with Gasteiger partial charge in [0, 0.05) is 36.6 Å². The molecule has 188 valence electrons. The van der Waals surface area contributed by atoms with Crippen LogP contribution in [-0.2, 0) is 14.4 Å². The first-order chi connectivity index (χ1) is 17.9. The molecule has 0 spiro atoms. The smallest absolute Gasteiger partial charge is 0.224 e. The quantitative estimate of drug-likeness (QED) is 0.344. The number of hydrogen-bond donors (Lipinski definition) is 2. The summed E-state index contributed by atoms with van der Waals surface area (Å²) in [6, 6.07) is 15.9. The summed E-state index contributed by atoms with van der Waals surface area (Å²) in [6.07, 6.45) is 0.241. The number of hydrogen-bond acceptors (Lipinski definition) is 5. The van der Waals surface area contributed by atoms with Crippen molar-refractivity contribution in [3.05, 3.63) is 89.0 Å². The van der Waals surface area contributed by atoms with Crippen LogP contribution in [-0.4, -0.2) is 36.0 Å². The largest absolute Gasteiger partial charge is 0.391 e. The molecule has 0 aromatic heterocycles. The van der Waals surface area contributed by atoms with Gasteiger partial charge in [0.2, 0.25) is 11.8 Å². The second-order valence-electron chi connectivity index (χ2n) is 8.90. The molecule has 3 aromatic rings. The molecule has 0 saturated carbocycles. The van der Waals surface area contributed by atoms with Gasteiger partial charge in [-0.05, 0) is 35.7 Å². The zero-order chi connectivity index (χ0) is 25.9. The fourth-order valence-electron chi connectivity index (χ4n) is 4.57. The number of ketones is 1. The van der Waals surface area contributed by atoms with Gasteiger partial charge in [0.1, 0.15) is 17.7 Å². The van der Waals surface area contributed by atoms with Gasteiger partial charge >= 0.3 is 0 Å². The predicted molar refractivity (Wildman–Crippen MR) is 133 cm³/mol. The van der Waals surface area contributed by atoms with E-state index < -0.39 is 17.7 Å². The van der Waals surface area contributed by atoms with Crippen LogP contribution in [0.15, 0.2) is 65.8 Å². The topological polar surface area (TPSA) is 96.9 Å². The zero-order valence-corrected chi connectivity index (χ0v) is 19.7. The van der Waals surface area contributed by atoms with Gasteiger partial charge in [-0.1, -0.05) is 41.6 Å². The van der Waals surface area contributed by atoms with Crippen LogP contribution in [0.25, 0.3) is 11.1 Å². The summed E-state index contributed by atoms with van der Waals surface area (Å²) in [4.78, 5) is 42.8. The van der Waals surface area contributed by atoms with E-state index in [1.807, 2.05) is 24.3 Å². The van der Waals surface area contributed by atoms with Crippen molar-refractivity contribution < 1.29 is 28.0 Å². The number of benzene rings is 3. The van der Waals surface area contributed by atoms with Crippen molar-refractivity contribution in [1.82, 2.24) is 5.32 Å². The molecule has 2 N–H and O–H groups in total. The monoisotopic (exact) mass is 503 g/mol. The highest BCUT2D eigenvalue weighted by Crippen LogP contribution is 2.40. The summed E-state index contributed by atoms with van der Waals surface area (Å²) >= 11 is 0. The maximum Gasteiger partial charge on any atom is 0.224 e. The van der Waals surface area contributed by atoms with Crippen LogP contribution < -0.4 is 10.6 Å². The Morgan fingerprint density at radius 2 is 1.73 bits per heavy atom. The normalized spacial score (nSPS) is 15.5. The molecule has 1 unspecified atom stereocenters. The third-order valence-corrected chi connectivity index (χ3v) is 6.32. The lowest BCUT2D eigenvalue weighted by Gasteiger charge is -2.11. The van der Waals surface area contributed by atoms with Crippen molar-refractivity contribution in [2.45, 2.75) is 31.8 Å². The summed E-state index contributed by atoms with van der Waals surface area (Å²) in [5.41, 5.74) is 3.70. The molecule has 37 heavy (non-hydrogen) atoms. The molecule has 1 heterocycles. The van der Waals surface area contributed by atoms with Gasteiger partial charge in [0.25, 0.3) is 0 Å². The maximum absolute atomic E-state index is 13.9. The van der Waals surface area contributed by atoms with Gasteiger partial charge in [-0.15, -0.1) is 0 Å². The average molecular weight is 504 g/mol. The van der Waals surface area contributed by atoms with Gasteiger partial charge in [-0.2, -0.15) is 0 Å². The number of carbonyl (C=O) groups excluding carboxylic acids is 3. The summed E-state index contributed by atoms with van der Waals surface area (Å²) in [7, 11) is 0. The van der Waals surface area contributed by atoms with E-state index in [9.17, 15) is 23.2 Å². The van der Waals surface area contributed by atoms with Gasteiger partial charge in [0.15, 0.2) is 5.78 Å². The molecule has 0 radical (unpaired) electrons. The van der Waals surface area contributed by atoms with E-state index in [1.54, 1.807) is 18.2 Å². The Kier molecular flexibility index (Phi) is 6.76. The molecule has 2 amide bonds. The number of nitrogens with one attached hydrogen (secondary N) is 2. The summed E-state index contributed by atoms with van der Waals surface area (Å²) in [6.45, 7) is 0.274. The van der Waals surface area contributed by atoms with Gasteiger partial charge in [0.05, 0.1) is 23.4 Å². The van der Waals surface area contributed by atoms with Crippen LogP contribution in [0.3, 0.4) is 0 Å². The lowest BCUT2D eigenvalue weighted by molar-refractivity contribution is -0.124. The number of nitrogens with zero attached hydrogens (tertiary/aromatic N) is 1. The van der Waals surface area contributed by atoms with Crippen molar-refractivity contribution >= 4 is 29.0 Å². The van der Waals surface area contributed by atoms with Crippen LogP contribution in [0, 0.1) is 11.6 Å². The lowest BCUT2D eigenvalue weighted by Crippen LogP contribution is -2.29. The standard InChI is InChI=1S/C28H23F2N3O4/c29-16-10-11-21(22(30)13-16)24-14-17(37-33-24)15-26(35)31-12-4-9-25(34)32-23-8-3-7-19-18-5-1-2-6-20(18)28(36)27(19)23/h1-3,5-8,10-11,13,17H,4,9,12,14-15H2,(H,31,35)(H,32,34). The fourth-order valence-corrected chi connectivity index (χ4v) is 4.57. The highest BCUT2D eigenvalue weighted by atomic mass is 19.1. The Morgan fingerprint density at radius 3 is 2.54 bits per heavy atom. The highest BCUT2D eigenvalue weighted by Gasteiger charge is 2.29. The van der Waals surface area contributed by atoms with E-state index in [4.69, 9.17) is 4.84 Å². The SMILES string of the molecule is O=C(CC1CC(c2ccc(F)cc2F)=NO1)NCCCC(=O)Nc1cccc2c1C(=O)c1ccccc1-2. The van der Waals surface area contributed by atoms with Crippen LogP contribution in [0.5, 0.6) is 0 Å². The van der Waals surface area contributed by atoms with Gasteiger partial charge < -0.3 is 15.5 Å². The number of anilines is 1. The molecule has 3 aromatic carbocycles. The predicted octanol–water partition coefficient (Wildman–Crippen LogP) is 4.59. The van der Waals surface area contributed by atoms with E-state index in [-0.39, 0.29) is 49.0 Å². The summed E-state index contributed by atoms with van der Waals surface area (Å²) < 4.78 is 27.0. The molecule has 1 aliphatic carbocycles. The molecule has 0 fully saturated rings. The molecule has 1 aliphatic heterocycles. The van der Waals surface area contributed by atoms with Crippen molar-refractivity contribution in [3.63, 3.8) is 0 Å². The number of rotatable bonds is 8. The first-order valence-corrected chi connectivity index (χ1v) is 11.9. The van der Waals surface area contributed by atoms with Crippen LogP contribution in [0.4, 0.5) is 14.5 Å². The minimum Gasteiger partial charge on any atom is -0.391 e.